The molecule has 0 aliphatic rings. The van der Waals surface area contributed by atoms with Gasteiger partial charge in [0.25, 0.3) is 0 Å². The lowest BCUT2D eigenvalue weighted by atomic mass is 10.0. The van der Waals surface area contributed by atoms with Crippen molar-refractivity contribution in [3.63, 3.8) is 0 Å². The van der Waals surface area contributed by atoms with Crippen LogP contribution in [0.15, 0.2) is 48.8 Å². The molecule has 3 rings (SSSR count). The first kappa shape index (κ1) is 10.5. The molecule has 0 amide bonds. The van der Waals surface area contributed by atoms with Crippen molar-refractivity contribution in [3.05, 3.63) is 48.8 Å². The molecular formula is C14H12N4. The van der Waals surface area contributed by atoms with Crippen LogP contribution in [0.5, 0.6) is 0 Å². The van der Waals surface area contributed by atoms with Gasteiger partial charge in [-0.15, -0.1) is 0 Å². The zero-order valence-electron chi connectivity index (χ0n) is 9.67. The van der Waals surface area contributed by atoms with Gasteiger partial charge < -0.3 is 11.5 Å². The molecule has 0 fully saturated rings. The highest BCUT2D eigenvalue weighted by atomic mass is 14.9. The van der Waals surface area contributed by atoms with Crippen molar-refractivity contribution in [1.29, 1.82) is 0 Å². The molecule has 0 spiro atoms. The van der Waals surface area contributed by atoms with Crippen LogP contribution in [0, 0.1) is 0 Å². The van der Waals surface area contributed by atoms with E-state index in [1.165, 1.54) is 0 Å². The molecule has 4 N–H and O–H groups in total. The molecule has 0 aliphatic heterocycles. The van der Waals surface area contributed by atoms with Crippen LogP contribution in [0.2, 0.25) is 0 Å². The summed E-state index contributed by atoms with van der Waals surface area (Å²) >= 11 is 0. The van der Waals surface area contributed by atoms with Crippen molar-refractivity contribution in [1.82, 2.24) is 9.97 Å². The molecule has 0 unspecified atom stereocenters. The lowest BCUT2D eigenvalue weighted by Crippen LogP contribution is -1.98. The number of hydrogen-bond donors (Lipinski definition) is 2. The molecule has 1 aromatic carbocycles. The molecule has 0 bridgehead atoms. The average molecular weight is 236 g/mol. The summed E-state index contributed by atoms with van der Waals surface area (Å²) in [6.45, 7) is 0. The van der Waals surface area contributed by atoms with Gasteiger partial charge in [0.05, 0.1) is 0 Å². The molecule has 0 atom stereocenters. The van der Waals surface area contributed by atoms with Crippen LogP contribution in [0.25, 0.3) is 21.9 Å². The number of fused-ring (bicyclic) bond motifs is 1. The number of hydrogen-bond acceptors (Lipinski definition) is 4. The van der Waals surface area contributed by atoms with Gasteiger partial charge in [-0.1, -0.05) is 18.2 Å². The van der Waals surface area contributed by atoms with Gasteiger partial charge in [-0.25, -0.2) is 4.98 Å². The molecule has 0 radical (unpaired) electrons. The fraction of sp³-hybridized carbons (Fsp3) is 0. The van der Waals surface area contributed by atoms with Gasteiger partial charge in [0.1, 0.15) is 11.6 Å². The van der Waals surface area contributed by atoms with Gasteiger partial charge in [0, 0.05) is 23.3 Å². The third kappa shape index (κ3) is 1.64. The van der Waals surface area contributed by atoms with Gasteiger partial charge in [0.15, 0.2) is 0 Å². The largest absolute Gasteiger partial charge is 0.384 e. The summed E-state index contributed by atoms with van der Waals surface area (Å²) in [5.74, 6) is 0.862. The maximum Gasteiger partial charge on any atom is 0.133 e. The summed E-state index contributed by atoms with van der Waals surface area (Å²) in [6, 6.07) is 11.7. The molecule has 2 heterocycles. The highest BCUT2D eigenvalue weighted by molar-refractivity contribution is 5.98. The van der Waals surface area contributed by atoms with Crippen LogP contribution in [0.3, 0.4) is 0 Å². The number of nitrogens with zero attached hydrogens (tertiary/aromatic N) is 2. The number of anilines is 2. The Morgan fingerprint density at radius 3 is 2.61 bits per heavy atom. The van der Waals surface area contributed by atoms with E-state index in [9.17, 15) is 0 Å². The monoisotopic (exact) mass is 236 g/mol. The lowest BCUT2D eigenvalue weighted by Gasteiger charge is -2.08. The van der Waals surface area contributed by atoms with Gasteiger partial charge in [0.2, 0.25) is 0 Å². The van der Waals surface area contributed by atoms with Crippen LogP contribution >= 0.6 is 0 Å². The second kappa shape index (κ2) is 4.00. The Kier molecular flexibility index (Phi) is 2.34. The SMILES string of the molecule is Nc1ccc(-c2cccc3ccncc23)c(N)n1. The van der Waals surface area contributed by atoms with Crippen molar-refractivity contribution in [2.24, 2.45) is 0 Å². The van der Waals surface area contributed by atoms with Gasteiger partial charge in [-0.2, -0.15) is 0 Å². The second-order valence-corrected chi connectivity index (χ2v) is 4.07. The third-order valence-electron chi connectivity index (χ3n) is 2.92. The summed E-state index contributed by atoms with van der Waals surface area (Å²) < 4.78 is 0. The summed E-state index contributed by atoms with van der Waals surface area (Å²) in [5, 5.41) is 2.18. The van der Waals surface area contributed by atoms with E-state index in [2.05, 4.69) is 9.97 Å². The molecule has 4 heteroatoms. The maximum absolute atomic E-state index is 5.93. The average Bonchev–Trinajstić information content (AvgIpc) is 2.38. The molecule has 0 saturated heterocycles. The topological polar surface area (TPSA) is 77.8 Å². The Hall–Kier alpha value is -2.62. The predicted molar refractivity (Wildman–Crippen MR) is 73.8 cm³/mol. The molecule has 0 aliphatic carbocycles. The molecule has 18 heavy (non-hydrogen) atoms. The Morgan fingerprint density at radius 2 is 1.78 bits per heavy atom. The van der Waals surface area contributed by atoms with Crippen molar-refractivity contribution in [2.45, 2.75) is 0 Å². The first-order chi connectivity index (χ1) is 8.75. The zero-order chi connectivity index (χ0) is 12.5. The minimum atomic E-state index is 0.426. The molecule has 3 aromatic rings. The van der Waals surface area contributed by atoms with Crippen LogP contribution in [-0.4, -0.2) is 9.97 Å². The number of rotatable bonds is 1. The maximum atomic E-state index is 5.93. The van der Waals surface area contributed by atoms with Crippen molar-refractivity contribution in [2.75, 3.05) is 11.5 Å². The number of benzene rings is 1. The van der Waals surface area contributed by atoms with Crippen LogP contribution in [-0.2, 0) is 0 Å². The summed E-state index contributed by atoms with van der Waals surface area (Å²) in [6.07, 6.45) is 3.61. The highest BCUT2D eigenvalue weighted by Crippen LogP contribution is 2.31. The molecule has 4 nitrogen and oxygen atoms in total. The van der Waals surface area contributed by atoms with Crippen LogP contribution < -0.4 is 11.5 Å². The Balaban J connectivity index is 2.31. The van der Waals surface area contributed by atoms with E-state index < -0.39 is 0 Å². The quantitative estimate of drug-likeness (QED) is 0.680. The van der Waals surface area contributed by atoms with E-state index in [1.807, 2.05) is 36.5 Å². The lowest BCUT2D eigenvalue weighted by molar-refractivity contribution is 1.34. The predicted octanol–water partition coefficient (Wildman–Crippen LogP) is 2.46. The van der Waals surface area contributed by atoms with Gasteiger partial charge in [-0.3, -0.25) is 4.98 Å². The Labute approximate surface area is 104 Å². The van der Waals surface area contributed by atoms with Gasteiger partial charge in [-0.05, 0) is 29.1 Å². The van der Waals surface area contributed by atoms with Crippen molar-refractivity contribution < 1.29 is 0 Å². The van der Waals surface area contributed by atoms with E-state index >= 15 is 0 Å². The number of aromatic nitrogens is 2. The number of nitrogen functional groups attached to an aromatic ring is 2. The number of nitrogens with two attached hydrogens (primary N) is 2. The van der Waals surface area contributed by atoms with Gasteiger partial charge >= 0.3 is 0 Å². The minimum Gasteiger partial charge on any atom is -0.384 e. The first-order valence-corrected chi connectivity index (χ1v) is 5.61. The second-order valence-electron chi connectivity index (χ2n) is 4.07. The molecule has 2 aromatic heterocycles. The molecular weight excluding hydrogens is 224 g/mol. The first-order valence-electron chi connectivity index (χ1n) is 5.61. The van der Waals surface area contributed by atoms with E-state index in [0.717, 1.165) is 21.9 Å². The minimum absolute atomic E-state index is 0.426. The van der Waals surface area contributed by atoms with E-state index in [4.69, 9.17) is 11.5 Å². The highest BCUT2D eigenvalue weighted by Gasteiger charge is 2.08. The summed E-state index contributed by atoms with van der Waals surface area (Å²) in [4.78, 5) is 8.25. The smallest absolute Gasteiger partial charge is 0.133 e. The normalized spacial score (nSPS) is 10.7. The van der Waals surface area contributed by atoms with Crippen LogP contribution in [0.1, 0.15) is 0 Å². The zero-order valence-corrected chi connectivity index (χ0v) is 9.67. The van der Waals surface area contributed by atoms with E-state index in [0.29, 0.717) is 11.6 Å². The fourth-order valence-electron chi connectivity index (χ4n) is 2.07. The summed E-state index contributed by atoms with van der Waals surface area (Å²) in [5.41, 5.74) is 13.4. The van der Waals surface area contributed by atoms with Crippen molar-refractivity contribution >= 4 is 22.4 Å². The Bertz CT molecular complexity index is 717. The van der Waals surface area contributed by atoms with Crippen LogP contribution in [0.4, 0.5) is 11.6 Å². The van der Waals surface area contributed by atoms with Crippen molar-refractivity contribution in [3.8, 4) is 11.1 Å². The molecule has 88 valence electrons. The third-order valence-corrected chi connectivity index (χ3v) is 2.92. The Morgan fingerprint density at radius 1 is 0.889 bits per heavy atom. The summed E-state index contributed by atoms with van der Waals surface area (Å²) in [7, 11) is 0. The fourth-order valence-corrected chi connectivity index (χ4v) is 2.07. The molecule has 0 saturated carbocycles. The standard InChI is InChI=1S/C14H12N4/c15-13-5-4-11(14(16)18-13)10-3-1-2-9-6-7-17-8-12(9)10/h1-8H,(H4,15,16,18). The van der Waals surface area contributed by atoms with E-state index in [-0.39, 0.29) is 0 Å². The number of pyridine rings is 2. The van der Waals surface area contributed by atoms with E-state index in [1.54, 1.807) is 12.3 Å².